The van der Waals surface area contributed by atoms with E-state index in [1.54, 1.807) is 31.2 Å². The van der Waals surface area contributed by atoms with Crippen LogP contribution in [-0.4, -0.2) is 53.1 Å². The first-order valence-electron chi connectivity index (χ1n) is 11.5. The number of aliphatic hydroxyl groups excluding tert-OH is 1. The predicted octanol–water partition coefficient (Wildman–Crippen LogP) is 4.35. The summed E-state index contributed by atoms with van der Waals surface area (Å²) in [5, 5.41) is 18.5. The van der Waals surface area contributed by atoms with E-state index in [1.165, 1.54) is 35.9 Å². The van der Waals surface area contributed by atoms with Crippen molar-refractivity contribution in [2.75, 3.05) is 6.61 Å². The molecule has 202 valence electrons. The summed E-state index contributed by atoms with van der Waals surface area (Å²) in [5.74, 6) is 0.225. The van der Waals surface area contributed by atoms with Gasteiger partial charge in [-0.2, -0.15) is 13.2 Å². The molecule has 9 nitrogen and oxygen atoms in total. The summed E-state index contributed by atoms with van der Waals surface area (Å²) in [6.45, 7) is 1.95. The Morgan fingerprint density at radius 1 is 1.11 bits per heavy atom. The summed E-state index contributed by atoms with van der Waals surface area (Å²) in [6, 6.07) is 12.7. The van der Waals surface area contributed by atoms with Gasteiger partial charge in [0, 0.05) is 10.6 Å². The van der Waals surface area contributed by atoms with Crippen molar-refractivity contribution in [2.24, 2.45) is 0 Å². The number of aliphatic hydroxyl groups is 1. The van der Waals surface area contributed by atoms with Gasteiger partial charge in [-0.05, 0) is 50.2 Å². The van der Waals surface area contributed by atoms with Crippen LogP contribution in [0.5, 0.6) is 5.75 Å². The highest BCUT2D eigenvalue weighted by Gasteiger charge is 2.39. The number of alkyl halides is 4. The van der Waals surface area contributed by atoms with Crippen LogP contribution in [-0.2, 0) is 13.1 Å². The van der Waals surface area contributed by atoms with Crippen LogP contribution in [0.1, 0.15) is 31.7 Å². The summed E-state index contributed by atoms with van der Waals surface area (Å²) in [4.78, 5) is 17.3. The molecular formula is C24H23ClF4N6O3. The van der Waals surface area contributed by atoms with Gasteiger partial charge >= 0.3 is 11.9 Å². The Balaban J connectivity index is 1.77. The quantitative estimate of drug-likeness (QED) is 0.309. The van der Waals surface area contributed by atoms with Crippen LogP contribution < -0.4 is 10.4 Å². The highest BCUT2D eigenvalue weighted by atomic mass is 35.5. The zero-order valence-electron chi connectivity index (χ0n) is 20.2. The molecule has 1 N–H and O–H groups in total. The molecule has 2 atom stereocenters. The van der Waals surface area contributed by atoms with E-state index in [9.17, 15) is 27.5 Å². The van der Waals surface area contributed by atoms with Gasteiger partial charge in [0.1, 0.15) is 18.0 Å². The second-order valence-corrected chi connectivity index (χ2v) is 8.69. The van der Waals surface area contributed by atoms with Gasteiger partial charge in [-0.25, -0.2) is 23.5 Å². The Labute approximate surface area is 218 Å². The first-order chi connectivity index (χ1) is 18.0. The Bertz CT molecular complexity index is 1460. The SMILES string of the molecule is CCOc1ccccc1-n1nc(Cn2nc(-c3ccc(Cl)cc3)n(CC(O)C(F)(F)F)c2=O)nc1C(C)F. The Morgan fingerprint density at radius 3 is 2.42 bits per heavy atom. The lowest BCUT2D eigenvalue weighted by atomic mass is 10.2. The first kappa shape index (κ1) is 27.3. The molecule has 2 unspecified atom stereocenters. The number of benzene rings is 2. The summed E-state index contributed by atoms with van der Waals surface area (Å²) in [7, 11) is 0. The van der Waals surface area contributed by atoms with E-state index >= 15 is 0 Å². The number of para-hydroxylation sites is 2. The average Bonchev–Trinajstić information content (AvgIpc) is 3.42. The number of ether oxygens (including phenoxy) is 1. The van der Waals surface area contributed by atoms with Crippen molar-refractivity contribution in [3.63, 3.8) is 0 Å². The van der Waals surface area contributed by atoms with Gasteiger partial charge in [-0.15, -0.1) is 10.2 Å². The molecule has 0 saturated heterocycles. The van der Waals surface area contributed by atoms with Gasteiger partial charge < -0.3 is 9.84 Å². The van der Waals surface area contributed by atoms with Gasteiger partial charge in [0.05, 0.1) is 13.2 Å². The van der Waals surface area contributed by atoms with E-state index in [0.29, 0.717) is 33.2 Å². The fraction of sp³-hybridized carbons (Fsp3) is 0.333. The summed E-state index contributed by atoms with van der Waals surface area (Å²) in [6.07, 6.45) is -9.32. The number of hydrogen-bond acceptors (Lipinski definition) is 6. The maximum atomic E-state index is 14.5. The topological polar surface area (TPSA) is 100.0 Å². The van der Waals surface area contributed by atoms with E-state index in [-0.39, 0.29) is 24.0 Å². The normalized spacial score (nSPS) is 13.5. The fourth-order valence-corrected chi connectivity index (χ4v) is 3.84. The maximum absolute atomic E-state index is 14.5. The molecule has 0 bridgehead atoms. The minimum atomic E-state index is -4.96. The zero-order valence-corrected chi connectivity index (χ0v) is 21.0. The lowest BCUT2D eigenvalue weighted by molar-refractivity contribution is -0.207. The van der Waals surface area contributed by atoms with Crippen molar-refractivity contribution in [3.05, 3.63) is 75.7 Å². The van der Waals surface area contributed by atoms with E-state index in [1.807, 2.05) is 0 Å². The second-order valence-electron chi connectivity index (χ2n) is 8.25. The van der Waals surface area contributed by atoms with Crippen LogP contribution in [0, 0.1) is 0 Å². The average molecular weight is 555 g/mol. The van der Waals surface area contributed by atoms with Crippen LogP contribution in [0.15, 0.2) is 53.3 Å². The number of halogens is 5. The van der Waals surface area contributed by atoms with Crippen LogP contribution in [0.3, 0.4) is 0 Å². The summed E-state index contributed by atoms with van der Waals surface area (Å²) < 4.78 is 62.2. The fourth-order valence-electron chi connectivity index (χ4n) is 3.71. The van der Waals surface area contributed by atoms with E-state index in [2.05, 4.69) is 15.2 Å². The molecule has 0 aliphatic heterocycles. The lowest BCUT2D eigenvalue weighted by Gasteiger charge is -2.15. The van der Waals surface area contributed by atoms with Crippen molar-refractivity contribution in [1.29, 1.82) is 0 Å². The standard InChI is InChI=1S/C24H23ClF4N6O3/c1-3-38-18-7-5-4-6-17(18)35-21(14(2)26)30-20(31-35)13-34-23(37)33(12-19(36)24(27,28)29)22(32-34)15-8-10-16(25)11-9-15/h4-11,14,19,36H,3,12-13H2,1-2H3. The third-order valence-electron chi connectivity index (χ3n) is 5.47. The maximum Gasteiger partial charge on any atom is 0.416 e. The van der Waals surface area contributed by atoms with Gasteiger partial charge in [-0.3, -0.25) is 4.57 Å². The second kappa shape index (κ2) is 11.0. The Hall–Kier alpha value is -3.71. The predicted molar refractivity (Wildman–Crippen MR) is 130 cm³/mol. The molecule has 2 aromatic carbocycles. The number of rotatable bonds is 9. The van der Waals surface area contributed by atoms with Crippen LogP contribution in [0.25, 0.3) is 17.1 Å². The number of hydrogen-bond donors (Lipinski definition) is 1. The largest absolute Gasteiger partial charge is 0.492 e. The molecule has 0 aliphatic carbocycles. The van der Waals surface area contributed by atoms with Crippen LogP contribution in [0.2, 0.25) is 5.02 Å². The summed E-state index contributed by atoms with van der Waals surface area (Å²) >= 11 is 5.91. The van der Waals surface area contributed by atoms with Crippen LogP contribution >= 0.6 is 11.6 Å². The molecule has 0 spiro atoms. The molecule has 14 heteroatoms. The van der Waals surface area contributed by atoms with E-state index in [0.717, 1.165) is 4.68 Å². The van der Waals surface area contributed by atoms with Crippen molar-refractivity contribution in [2.45, 2.75) is 45.4 Å². The lowest BCUT2D eigenvalue weighted by Crippen LogP contribution is -2.37. The molecule has 0 radical (unpaired) electrons. The molecule has 2 heterocycles. The molecular weight excluding hydrogens is 532 g/mol. The van der Waals surface area contributed by atoms with Gasteiger partial charge in [0.2, 0.25) is 0 Å². The first-order valence-corrected chi connectivity index (χ1v) is 11.9. The smallest absolute Gasteiger partial charge is 0.416 e. The number of nitrogens with zero attached hydrogens (tertiary/aromatic N) is 6. The highest BCUT2D eigenvalue weighted by Crippen LogP contribution is 2.27. The molecule has 0 aliphatic rings. The molecule has 4 aromatic rings. The zero-order chi connectivity index (χ0) is 27.6. The van der Waals surface area contributed by atoms with Gasteiger partial charge in [0.15, 0.2) is 29.7 Å². The van der Waals surface area contributed by atoms with Crippen molar-refractivity contribution >= 4 is 11.6 Å². The number of aromatic nitrogens is 6. The third-order valence-corrected chi connectivity index (χ3v) is 5.73. The molecule has 0 fully saturated rings. The van der Waals surface area contributed by atoms with E-state index in [4.69, 9.17) is 16.3 Å². The molecule has 2 aromatic heterocycles. The minimum Gasteiger partial charge on any atom is -0.492 e. The van der Waals surface area contributed by atoms with Crippen molar-refractivity contribution in [1.82, 2.24) is 29.1 Å². The van der Waals surface area contributed by atoms with Crippen molar-refractivity contribution < 1.29 is 27.4 Å². The van der Waals surface area contributed by atoms with Gasteiger partial charge in [0.25, 0.3) is 0 Å². The van der Waals surface area contributed by atoms with Crippen molar-refractivity contribution in [3.8, 4) is 22.8 Å². The Kier molecular flexibility index (Phi) is 7.88. The van der Waals surface area contributed by atoms with Gasteiger partial charge in [-0.1, -0.05) is 23.7 Å². The Morgan fingerprint density at radius 2 is 1.79 bits per heavy atom. The monoisotopic (exact) mass is 554 g/mol. The molecule has 0 saturated carbocycles. The summed E-state index contributed by atoms with van der Waals surface area (Å²) in [5.41, 5.74) is -0.235. The third kappa shape index (κ3) is 5.73. The molecule has 0 amide bonds. The van der Waals surface area contributed by atoms with E-state index < -0.39 is 30.7 Å². The molecule has 38 heavy (non-hydrogen) atoms. The minimum absolute atomic E-state index is 0.0124. The highest BCUT2D eigenvalue weighted by molar-refractivity contribution is 6.30. The molecule has 4 rings (SSSR count). The van der Waals surface area contributed by atoms with Crippen LogP contribution in [0.4, 0.5) is 17.6 Å².